The fourth-order valence-electron chi connectivity index (χ4n) is 2.17. The molecule has 0 amide bonds. The van der Waals surface area contributed by atoms with E-state index < -0.39 is 0 Å². The van der Waals surface area contributed by atoms with E-state index in [4.69, 9.17) is 9.47 Å². The zero-order valence-electron chi connectivity index (χ0n) is 16.0. The number of carbonyl (C=O) groups excluding carboxylic acids is 2. The molecule has 0 fully saturated rings. The van der Waals surface area contributed by atoms with Crippen molar-refractivity contribution in [2.24, 2.45) is 0 Å². The van der Waals surface area contributed by atoms with Crippen molar-refractivity contribution in [3.05, 3.63) is 0 Å². The second kappa shape index (κ2) is 15.4. The molecule has 6 nitrogen and oxygen atoms in total. The van der Waals surface area contributed by atoms with Crippen molar-refractivity contribution in [2.45, 2.75) is 51.4 Å². The van der Waals surface area contributed by atoms with E-state index in [0.29, 0.717) is 26.1 Å². The maximum Gasteiger partial charge on any atom is 0.305 e. The van der Waals surface area contributed by atoms with Crippen LogP contribution in [0, 0.1) is 0 Å². The van der Waals surface area contributed by atoms with Crippen LogP contribution >= 0.6 is 0 Å². The van der Waals surface area contributed by atoms with Crippen molar-refractivity contribution in [1.82, 2.24) is 9.80 Å². The number of unbranched alkanes of at least 4 members (excludes halogenated alkanes) is 3. The zero-order valence-corrected chi connectivity index (χ0v) is 16.0. The summed E-state index contributed by atoms with van der Waals surface area (Å²) in [6, 6.07) is 0. The van der Waals surface area contributed by atoms with Gasteiger partial charge in [-0.1, -0.05) is 12.8 Å². The number of ether oxygens (including phenoxy) is 2. The smallest absolute Gasteiger partial charge is 0.305 e. The molecule has 6 heteroatoms. The highest BCUT2D eigenvalue weighted by atomic mass is 16.5. The molecule has 0 atom stereocenters. The van der Waals surface area contributed by atoms with Crippen LogP contribution in [0.4, 0.5) is 0 Å². The Kier molecular flexibility index (Phi) is 14.7. The van der Waals surface area contributed by atoms with Gasteiger partial charge in [0.1, 0.15) is 0 Å². The number of rotatable bonds is 15. The third-order valence-corrected chi connectivity index (χ3v) is 3.54. The summed E-state index contributed by atoms with van der Waals surface area (Å²) in [5.41, 5.74) is 0. The third-order valence-electron chi connectivity index (χ3n) is 3.54. The molecule has 0 aromatic carbocycles. The first-order chi connectivity index (χ1) is 11.4. The van der Waals surface area contributed by atoms with Crippen LogP contribution in [0.15, 0.2) is 0 Å². The van der Waals surface area contributed by atoms with Crippen molar-refractivity contribution >= 4 is 11.9 Å². The molecule has 0 rings (SSSR count). The maximum atomic E-state index is 11.5. The Balaban J connectivity index is 3.34. The Morgan fingerprint density at radius 2 is 1.00 bits per heavy atom. The van der Waals surface area contributed by atoms with E-state index in [0.717, 1.165) is 51.6 Å². The van der Waals surface area contributed by atoms with Crippen LogP contribution in [0.5, 0.6) is 0 Å². The highest BCUT2D eigenvalue weighted by molar-refractivity contribution is 5.69. The van der Waals surface area contributed by atoms with Crippen molar-refractivity contribution < 1.29 is 19.1 Å². The molecular formula is C18H36N2O4. The average Bonchev–Trinajstić information content (AvgIpc) is 2.51. The molecule has 0 N–H and O–H groups in total. The lowest BCUT2D eigenvalue weighted by Gasteiger charge is -2.09. The summed E-state index contributed by atoms with van der Waals surface area (Å²) in [4.78, 5) is 27.2. The van der Waals surface area contributed by atoms with Crippen molar-refractivity contribution in [3.8, 4) is 0 Å². The second-order valence-corrected chi connectivity index (χ2v) is 6.67. The molecule has 0 aliphatic carbocycles. The molecule has 0 heterocycles. The Morgan fingerprint density at radius 1 is 0.625 bits per heavy atom. The van der Waals surface area contributed by atoms with Gasteiger partial charge in [0, 0.05) is 25.9 Å². The molecule has 0 bridgehead atoms. The van der Waals surface area contributed by atoms with Crippen LogP contribution in [0.3, 0.4) is 0 Å². The third kappa shape index (κ3) is 17.2. The van der Waals surface area contributed by atoms with Gasteiger partial charge >= 0.3 is 11.9 Å². The SMILES string of the molecule is CN(C)CCCOC(=O)CCCCCCC(=O)OCCCN(C)C. The van der Waals surface area contributed by atoms with E-state index in [1.54, 1.807) is 0 Å². The largest absolute Gasteiger partial charge is 0.466 e. The Morgan fingerprint density at radius 3 is 1.33 bits per heavy atom. The molecule has 0 unspecified atom stereocenters. The second-order valence-electron chi connectivity index (χ2n) is 6.67. The predicted octanol–water partition coefficient (Wildman–Crippen LogP) is 2.32. The fourth-order valence-corrected chi connectivity index (χ4v) is 2.17. The normalized spacial score (nSPS) is 11.1. The molecular weight excluding hydrogens is 308 g/mol. The number of esters is 2. The van der Waals surface area contributed by atoms with Crippen LogP contribution in [0.25, 0.3) is 0 Å². The van der Waals surface area contributed by atoms with Crippen LogP contribution in [-0.4, -0.2) is 76.2 Å². The van der Waals surface area contributed by atoms with E-state index in [9.17, 15) is 9.59 Å². The summed E-state index contributed by atoms with van der Waals surface area (Å²) in [6.45, 7) is 2.85. The lowest BCUT2D eigenvalue weighted by molar-refractivity contribution is -0.145. The first-order valence-corrected chi connectivity index (χ1v) is 9.02. The molecule has 0 aromatic rings. The maximum absolute atomic E-state index is 11.5. The Labute approximate surface area is 147 Å². The van der Waals surface area contributed by atoms with Gasteiger partial charge in [-0.05, 0) is 53.9 Å². The van der Waals surface area contributed by atoms with Crippen LogP contribution < -0.4 is 0 Å². The van der Waals surface area contributed by atoms with E-state index in [-0.39, 0.29) is 11.9 Å². The number of nitrogens with zero attached hydrogens (tertiary/aromatic N) is 2. The highest BCUT2D eigenvalue weighted by Gasteiger charge is 2.05. The summed E-state index contributed by atoms with van der Waals surface area (Å²) in [6.07, 6.45) is 6.22. The molecule has 0 aliphatic heterocycles. The van der Waals surface area contributed by atoms with Crippen molar-refractivity contribution in [2.75, 3.05) is 54.5 Å². The summed E-state index contributed by atoms with van der Waals surface area (Å²) in [7, 11) is 8.01. The predicted molar refractivity (Wildman–Crippen MR) is 96.0 cm³/mol. The van der Waals surface area contributed by atoms with Gasteiger partial charge in [-0.15, -0.1) is 0 Å². The molecule has 24 heavy (non-hydrogen) atoms. The average molecular weight is 344 g/mol. The van der Waals surface area contributed by atoms with Crippen LogP contribution in [0.1, 0.15) is 51.4 Å². The number of hydrogen-bond donors (Lipinski definition) is 0. The molecule has 0 aromatic heterocycles. The van der Waals surface area contributed by atoms with Gasteiger partial charge in [-0.3, -0.25) is 9.59 Å². The van der Waals surface area contributed by atoms with Gasteiger partial charge in [0.05, 0.1) is 13.2 Å². The molecule has 0 saturated carbocycles. The number of carbonyl (C=O) groups is 2. The molecule has 0 radical (unpaired) electrons. The van der Waals surface area contributed by atoms with Gasteiger partial charge in [0.25, 0.3) is 0 Å². The Hall–Kier alpha value is -1.14. The van der Waals surface area contributed by atoms with E-state index in [1.807, 2.05) is 28.2 Å². The number of hydrogen-bond acceptors (Lipinski definition) is 6. The van der Waals surface area contributed by atoms with Gasteiger partial charge in [-0.25, -0.2) is 0 Å². The minimum Gasteiger partial charge on any atom is -0.466 e. The summed E-state index contributed by atoms with van der Waals surface area (Å²) in [5, 5.41) is 0. The minimum absolute atomic E-state index is 0.117. The van der Waals surface area contributed by atoms with Gasteiger partial charge in [0.15, 0.2) is 0 Å². The standard InChI is InChI=1S/C18H36N2O4/c1-19(2)13-9-15-23-17(21)11-7-5-6-8-12-18(22)24-16-10-14-20(3)4/h5-16H2,1-4H3. The Bertz CT molecular complexity index is 301. The zero-order chi connectivity index (χ0) is 18.2. The van der Waals surface area contributed by atoms with Crippen molar-refractivity contribution in [3.63, 3.8) is 0 Å². The first kappa shape index (κ1) is 22.9. The van der Waals surface area contributed by atoms with Crippen LogP contribution in [0.2, 0.25) is 0 Å². The van der Waals surface area contributed by atoms with Crippen LogP contribution in [-0.2, 0) is 19.1 Å². The van der Waals surface area contributed by atoms with E-state index in [2.05, 4.69) is 9.80 Å². The lowest BCUT2D eigenvalue weighted by Crippen LogP contribution is -2.16. The first-order valence-electron chi connectivity index (χ1n) is 9.02. The quantitative estimate of drug-likeness (QED) is 0.336. The molecule has 0 spiro atoms. The molecule has 142 valence electrons. The van der Waals surface area contributed by atoms with Crippen molar-refractivity contribution in [1.29, 1.82) is 0 Å². The summed E-state index contributed by atoms with van der Waals surface area (Å²) >= 11 is 0. The van der Waals surface area contributed by atoms with E-state index >= 15 is 0 Å². The molecule has 0 saturated heterocycles. The summed E-state index contributed by atoms with van der Waals surface area (Å²) < 4.78 is 10.3. The van der Waals surface area contributed by atoms with Gasteiger partial charge < -0.3 is 19.3 Å². The summed E-state index contributed by atoms with van der Waals surface area (Å²) in [5.74, 6) is -0.233. The topological polar surface area (TPSA) is 59.1 Å². The van der Waals surface area contributed by atoms with Gasteiger partial charge in [-0.2, -0.15) is 0 Å². The lowest BCUT2D eigenvalue weighted by atomic mass is 10.1. The molecule has 0 aliphatic rings. The monoisotopic (exact) mass is 344 g/mol. The highest BCUT2D eigenvalue weighted by Crippen LogP contribution is 2.07. The van der Waals surface area contributed by atoms with Gasteiger partial charge in [0.2, 0.25) is 0 Å². The van der Waals surface area contributed by atoms with E-state index in [1.165, 1.54) is 0 Å². The fraction of sp³-hybridized carbons (Fsp3) is 0.889. The minimum atomic E-state index is -0.117.